The summed E-state index contributed by atoms with van der Waals surface area (Å²) in [6.07, 6.45) is 6.89. The predicted molar refractivity (Wildman–Crippen MR) is 106 cm³/mol. The second kappa shape index (κ2) is 9.30. The first-order valence-electron chi connectivity index (χ1n) is 8.07. The van der Waals surface area contributed by atoms with Crippen LogP contribution >= 0.6 is 24.0 Å². The van der Waals surface area contributed by atoms with Gasteiger partial charge in [0.25, 0.3) is 0 Å². The van der Waals surface area contributed by atoms with E-state index in [0.29, 0.717) is 12.6 Å². The number of aliphatic imine (C=N–C) groups is 1. The summed E-state index contributed by atoms with van der Waals surface area (Å²) in [5.41, 5.74) is 1.03. The van der Waals surface area contributed by atoms with Crippen molar-refractivity contribution in [3.63, 3.8) is 0 Å². The summed E-state index contributed by atoms with van der Waals surface area (Å²) in [6.45, 7) is 6.97. The number of aromatic nitrogens is 1. The van der Waals surface area contributed by atoms with E-state index in [4.69, 9.17) is 4.74 Å². The van der Waals surface area contributed by atoms with Gasteiger partial charge < -0.3 is 15.4 Å². The van der Waals surface area contributed by atoms with Crippen molar-refractivity contribution in [1.82, 2.24) is 15.6 Å². The van der Waals surface area contributed by atoms with Crippen LogP contribution < -0.4 is 15.4 Å². The van der Waals surface area contributed by atoms with Gasteiger partial charge in [-0.1, -0.05) is 6.07 Å². The monoisotopic (exact) mass is 432 g/mol. The summed E-state index contributed by atoms with van der Waals surface area (Å²) in [4.78, 5) is 8.65. The van der Waals surface area contributed by atoms with E-state index >= 15 is 0 Å². The van der Waals surface area contributed by atoms with Gasteiger partial charge in [-0.2, -0.15) is 0 Å². The number of halogens is 1. The molecular formula is C17H29IN4O. The van der Waals surface area contributed by atoms with Crippen LogP contribution in [0, 0.1) is 0 Å². The molecule has 1 aliphatic rings. The number of ether oxygens (including phenoxy) is 1. The van der Waals surface area contributed by atoms with Crippen molar-refractivity contribution in [1.29, 1.82) is 0 Å². The van der Waals surface area contributed by atoms with Gasteiger partial charge in [0, 0.05) is 30.9 Å². The maximum absolute atomic E-state index is 6.06. The lowest BCUT2D eigenvalue weighted by Gasteiger charge is -2.24. The molecule has 0 amide bonds. The molecule has 130 valence electrons. The summed E-state index contributed by atoms with van der Waals surface area (Å²) in [6, 6.07) is 3.99. The fourth-order valence-corrected chi connectivity index (χ4v) is 2.54. The standard InChI is InChI=1S/C17H28N4O.HI/c1-17(2,3)21-16(18-4)20-12-13-8-7-11-19-15(13)22-14-9-5-6-10-14;/h7-8,11,14H,5-6,9-10,12H2,1-4H3,(H2,18,20,21);1H. The van der Waals surface area contributed by atoms with E-state index in [1.807, 2.05) is 6.07 Å². The molecule has 0 aromatic carbocycles. The van der Waals surface area contributed by atoms with Crippen LogP contribution in [0.1, 0.15) is 52.0 Å². The van der Waals surface area contributed by atoms with Gasteiger partial charge in [0.1, 0.15) is 6.10 Å². The van der Waals surface area contributed by atoms with Gasteiger partial charge in [-0.15, -0.1) is 24.0 Å². The number of rotatable bonds is 4. The van der Waals surface area contributed by atoms with Gasteiger partial charge >= 0.3 is 0 Å². The van der Waals surface area contributed by atoms with E-state index < -0.39 is 0 Å². The van der Waals surface area contributed by atoms with Gasteiger partial charge in [0.15, 0.2) is 5.96 Å². The Hall–Kier alpha value is -1.05. The number of guanidine groups is 1. The normalized spacial score (nSPS) is 15.9. The van der Waals surface area contributed by atoms with E-state index in [1.54, 1.807) is 13.2 Å². The summed E-state index contributed by atoms with van der Waals surface area (Å²) in [7, 11) is 1.78. The van der Waals surface area contributed by atoms with Crippen molar-refractivity contribution >= 4 is 29.9 Å². The molecule has 2 N–H and O–H groups in total. The molecule has 6 heteroatoms. The number of nitrogens with zero attached hydrogens (tertiary/aromatic N) is 2. The Bertz CT molecular complexity index is 508. The third-order valence-corrected chi connectivity index (χ3v) is 3.59. The van der Waals surface area contributed by atoms with Crippen molar-refractivity contribution < 1.29 is 4.74 Å². The maximum atomic E-state index is 6.06. The largest absolute Gasteiger partial charge is 0.474 e. The van der Waals surface area contributed by atoms with Crippen LogP contribution in [0.3, 0.4) is 0 Å². The zero-order valence-corrected chi connectivity index (χ0v) is 16.9. The van der Waals surface area contributed by atoms with Crippen molar-refractivity contribution in [2.75, 3.05) is 7.05 Å². The number of hydrogen-bond donors (Lipinski definition) is 2. The second-order valence-corrected chi connectivity index (χ2v) is 6.79. The molecule has 1 heterocycles. The Labute approximate surface area is 156 Å². The number of hydrogen-bond acceptors (Lipinski definition) is 3. The van der Waals surface area contributed by atoms with Gasteiger partial charge in [-0.05, 0) is 52.5 Å². The summed E-state index contributed by atoms with van der Waals surface area (Å²) >= 11 is 0. The van der Waals surface area contributed by atoms with E-state index in [2.05, 4.69) is 47.4 Å². The van der Waals surface area contributed by atoms with Crippen LogP contribution in [-0.2, 0) is 6.54 Å². The lowest BCUT2D eigenvalue weighted by atomic mass is 10.1. The van der Waals surface area contributed by atoms with Crippen molar-refractivity contribution in [2.45, 2.75) is 64.6 Å². The first-order chi connectivity index (χ1) is 10.5. The van der Waals surface area contributed by atoms with Crippen molar-refractivity contribution in [3.05, 3.63) is 23.9 Å². The zero-order chi connectivity index (χ0) is 16.0. The molecule has 0 bridgehead atoms. The highest BCUT2D eigenvalue weighted by molar-refractivity contribution is 14.0. The van der Waals surface area contributed by atoms with Crippen LogP contribution in [0.4, 0.5) is 0 Å². The van der Waals surface area contributed by atoms with Gasteiger partial charge in [0.2, 0.25) is 5.88 Å². The van der Waals surface area contributed by atoms with Crippen LogP contribution in [0.2, 0.25) is 0 Å². The number of nitrogens with one attached hydrogen (secondary N) is 2. The lowest BCUT2D eigenvalue weighted by Crippen LogP contribution is -2.47. The molecule has 23 heavy (non-hydrogen) atoms. The highest BCUT2D eigenvalue weighted by atomic mass is 127. The van der Waals surface area contributed by atoms with E-state index in [9.17, 15) is 0 Å². The Morgan fingerprint density at radius 3 is 2.65 bits per heavy atom. The highest BCUT2D eigenvalue weighted by Crippen LogP contribution is 2.24. The van der Waals surface area contributed by atoms with Crippen LogP contribution in [0.5, 0.6) is 5.88 Å². The van der Waals surface area contributed by atoms with E-state index in [0.717, 1.165) is 30.2 Å². The van der Waals surface area contributed by atoms with E-state index in [1.165, 1.54) is 12.8 Å². The Balaban J connectivity index is 0.00000264. The highest BCUT2D eigenvalue weighted by Gasteiger charge is 2.19. The minimum atomic E-state index is -0.0278. The summed E-state index contributed by atoms with van der Waals surface area (Å²) in [5, 5.41) is 6.67. The summed E-state index contributed by atoms with van der Waals surface area (Å²) in [5.74, 6) is 1.52. The predicted octanol–water partition coefficient (Wildman–Crippen LogP) is 3.48. The van der Waals surface area contributed by atoms with E-state index in [-0.39, 0.29) is 29.5 Å². The van der Waals surface area contributed by atoms with Gasteiger partial charge in [-0.3, -0.25) is 4.99 Å². The molecule has 2 rings (SSSR count). The molecule has 0 aliphatic heterocycles. The molecule has 0 atom stereocenters. The van der Waals surface area contributed by atoms with Crippen LogP contribution in [0.15, 0.2) is 23.3 Å². The van der Waals surface area contributed by atoms with Gasteiger partial charge in [-0.25, -0.2) is 4.98 Å². The van der Waals surface area contributed by atoms with Crippen LogP contribution in [-0.4, -0.2) is 29.6 Å². The quantitative estimate of drug-likeness (QED) is 0.435. The third kappa shape index (κ3) is 6.93. The minimum absolute atomic E-state index is 0. The Kier molecular flexibility index (Phi) is 8.08. The molecule has 1 aromatic heterocycles. The SMILES string of the molecule is CN=C(NCc1cccnc1OC1CCCC1)NC(C)(C)C.I. The third-order valence-electron chi connectivity index (χ3n) is 3.59. The number of pyridine rings is 1. The zero-order valence-electron chi connectivity index (χ0n) is 14.6. The van der Waals surface area contributed by atoms with Crippen molar-refractivity contribution in [2.24, 2.45) is 4.99 Å². The second-order valence-electron chi connectivity index (χ2n) is 6.79. The molecule has 1 saturated carbocycles. The average Bonchev–Trinajstić information content (AvgIpc) is 2.96. The smallest absolute Gasteiger partial charge is 0.218 e. The fraction of sp³-hybridized carbons (Fsp3) is 0.647. The molecular weight excluding hydrogens is 403 g/mol. The average molecular weight is 432 g/mol. The topological polar surface area (TPSA) is 58.5 Å². The Morgan fingerprint density at radius 1 is 1.35 bits per heavy atom. The molecule has 0 unspecified atom stereocenters. The molecule has 1 fully saturated rings. The molecule has 1 aromatic rings. The molecule has 0 saturated heterocycles. The minimum Gasteiger partial charge on any atom is -0.474 e. The summed E-state index contributed by atoms with van der Waals surface area (Å²) < 4.78 is 6.06. The Morgan fingerprint density at radius 2 is 2.04 bits per heavy atom. The van der Waals surface area contributed by atoms with Gasteiger partial charge in [0.05, 0.1) is 0 Å². The molecule has 0 radical (unpaired) electrons. The van der Waals surface area contributed by atoms with Crippen LogP contribution in [0.25, 0.3) is 0 Å². The first-order valence-corrected chi connectivity index (χ1v) is 8.07. The molecule has 5 nitrogen and oxygen atoms in total. The fourth-order valence-electron chi connectivity index (χ4n) is 2.54. The maximum Gasteiger partial charge on any atom is 0.218 e. The lowest BCUT2D eigenvalue weighted by molar-refractivity contribution is 0.199. The first kappa shape index (κ1) is 20.0. The van der Waals surface area contributed by atoms with Crippen molar-refractivity contribution in [3.8, 4) is 5.88 Å². The molecule has 1 aliphatic carbocycles. The molecule has 0 spiro atoms.